The Labute approximate surface area is 113 Å². The van der Waals surface area contributed by atoms with Crippen LogP contribution in [-0.4, -0.2) is 31.1 Å². The van der Waals surface area contributed by atoms with E-state index in [0.717, 1.165) is 5.56 Å². The van der Waals surface area contributed by atoms with Gasteiger partial charge >= 0.3 is 0 Å². The molecule has 0 saturated carbocycles. The van der Waals surface area contributed by atoms with E-state index in [4.69, 9.17) is 10.5 Å². The lowest BCUT2D eigenvalue weighted by atomic mass is 10.1. The predicted molar refractivity (Wildman–Crippen MR) is 72.7 cm³/mol. The van der Waals surface area contributed by atoms with Crippen molar-refractivity contribution in [2.24, 2.45) is 5.73 Å². The summed E-state index contributed by atoms with van der Waals surface area (Å²) in [5.41, 5.74) is 6.86. The number of aryl methyl sites for hydroxylation is 1. The zero-order chi connectivity index (χ0) is 14.4. The third kappa shape index (κ3) is 4.71. The maximum Gasteiger partial charge on any atom is 0.251 e. The van der Waals surface area contributed by atoms with Crippen LogP contribution in [-0.2, 0) is 9.53 Å². The smallest absolute Gasteiger partial charge is 0.251 e. The average molecular weight is 264 g/mol. The monoisotopic (exact) mass is 264 g/mol. The molecule has 0 aliphatic carbocycles. The van der Waals surface area contributed by atoms with Gasteiger partial charge in [-0.3, -0.25) is 9.59 Å². The second-order valence-corrected chi connectivity index (χ2v) is 4.60. The minimum absolute atomic E-state index is 0.174. The Kier molecular flexibility index (Phi) is 5.51. The maximum absolute atomic E-state index is 11.9. The van der Waals surface area contributed by atoms with Crippen molar-refractivity contribution in [3.63, 3.8) is 0 Å². The van der Waals surface area contributed by atoms with E-state index in [9.17, 15) is 9.59 Å². The van der Waals surface area contributed by atoms with E-state index in [1.54, 1.807) is 19.1 Å². The molecule has 0 aromatic heterocycles. The number of primary amides is 1. The minimum atomic E-state index is -0.687. The van der Waals surface area contributed by atoms with Crippen molar-refractivity contribution in [1.82, 2.24) is 5.32 Å². The molecule has 3 N–H and O–H groups in total. The van der Waals surface area contributed by atoms with Crippen molar-refractivity contribution in [3.05, 3.63) is 35.4 Å². The summed E-state index contributed by atoms with van der Waals surface area (Å²) in [6.07, 6.45) is -0.336. The lowest BCUT2D eigenvalue weighted by Crippen LogP contribution is -2.40. The molecule has 1 aromatic rings. The number of carbonyl (C=O) groups is 2. The summed E-state index contributed by atoms with van der Waals surface area (Å²) in [7, 11) is 1.42. The molecule has 2 amide bonds. The van der Waals surface area contributed by atoms with E-state index in [2.05, 4.69) is 5.32 Å². The van der Waals surface area contributed by atoms with Crippen molar-refractivity contribution in [2.75, 3.05) is 7.11 Å². The van der Waals surface area contributed by atoms with E-state index in [-0.39, 0.29) is 11.9 Å². The van der Waals surface area contributed by atoms with Gasteiger partial charge in [0.1, 0.15) is 6.10 Å². The molecule has 0 aliphatic heterocycles. The second kappa shape index (κ2) is 6.89. The van der Waals surface area contributed by atoms with Gasteiger partial charge in [-0.15, -0.1) is 0 Å². The number of methoxy groups -OCH3 is 1. The number of nitrogens with one attached hydrogen (secondary N) is 1. The van der Waals surface area contributed by atoms with Gasteiger partial charge in [0, 0.05) is 25.1 Å². The number of amides is 2. The van der Waals surface area contributed by atoms with Gasteiger partial charge in [0.15, 0.2) is 0 Å². The summed E-state index contributed by atoms with van der Waals surface area (Å²) >= 11 is 0. The Morgan fingerprint density at radius 3 is 2.37 bits per heavy atom. The Morgan fingerprint density at radius 2 is 1.89 bits per heavy atom. The molecule has 0 saturated heterocycles. The van der Waals surface area contributed by atoms with E-state index in [1.807, 2.05) is 19.1 Å². The molecule has 5 nitrogen and oxygen atoms in total. The van der Waals surface area contributed by atoms with Gasteiger partial charge in [-0.25, -0.2) is 0 Å². The highest BCUT2D eigenvalue weighted by Crippen LogP contribution is 2.06. The molecule has 1 unspecified atom stereocenters. The minimum Gasteiger partial charge on any atom is -0.372 e. The number of ether oxygens (including phenoxy) is 1. The molecule has 0 spiro atoms. The van der Waals surface area contributed by atoms with Gasteiger partial charge in [-0.05, 0) is 26.0 Å². The lowest BCUT2D eigenvalue weighted by Gasteiger charge is -2.18. The van der Waals surface area contributed by atoms with Gasteiger partial charge in [-0.2, -0.15) is 0 Å². The predicted octanol–water partition coefficient (Wildman–Crippen LogP) is 1.00. The van der Waals surface area contributed by atoms with Crippen molar-refractivity contribution < 1.29 is 14.3 Å². The molecular weight excluding hydrogens is 244 g/mol. The fourth-order valence-electron chi connectivity index (χ4n) is 1.72. The van der Waals surface area contributed by atoms with E-state index in [1.165, 1.54) is 7.11 Å². The van der Waals surface area contributed by atoms with Crippen LogP contribution < -0.4 is 11.1 Å². The standard InChI is InChI=1S/C14H20N2O3/c1-9-4-6-11(7-5-9)14(18)16-10(2)8-12(19-3)13(15)17/h4-7,10,12H,8H2,1-3H3,(H2,15,17)(H,16,18)/t10-,12?/m0/s1. The van der Waals surface area contributed by atoms with Crippen LogP contribution in [0.2, 0.25) is 0 Å². The van der Waals surface area contributed by atoms with Crippen LogP contribution in [0.15, 0.2) is 24.3 Å². The quantitative estimate of drug-likeness (QED) is 0.804. The van der Waals surface area contributed by atoms with Gasteiger partial charge in [-0.1, -0.05) is 17.7 Å². The van der Waals surface area contributed by atoms with E-state index < -0.39 is 12.0 Å². The highest BCUT2D eigenvalue weighted by molar-refractivity contribution is 5.94. The third-order valence-electron chi connectivity index (χ3n) is 2.86. The van der Waals surface area contributed by atoms with Gasteiger partial charge in [0.2, 0.25) is 5.91 Å². The first-order chi connectivity index (χ1) is 8.93. The average Bonchev–Trinajstić information content (AvgIpc) is 2.36. The van der Waals surface area contributed by atoms with Crippen LogP contribution in [0.25, 0.3) is 0 Å². The molecule has 19 heavy (non-hydrogen) atoms. The molecule has 1 rings (SSSR count). The number of nitrogens with two attached hydrogens (primary N) is 1. The highest BCUT2D eigenvalue weighted by atomic mass is 16.5. The molecule has 0 bridgehead atoms. The lowest BCUT2D eigenvalue weighted by molar-refractivity contribution is -0.128. The Hall–Kier alpha value is -1.88. The van der Waals surface area contributed by atoms with Crippen LogP contribution in [0.5, 0.6) is 0 Å². The molecule has 2 atom stereocenters. The van der Waals surface area contributed by atoms with Crippen molar-refractivity contribution in [1.29, 1.82) is 0 Å². The molecule has 0 fully saturated rings. The summed E-state index contributed by atoms with van der Waals surface area (Å²) in [5, 5.41) is 2.81. The number of carbonyl (C=O) groups excluding carboxylic acids is 2. The van der Waals surface area contributed by atoms with E-state index >= 15 is 0 Å². The first-order valence-electron chi connectivity index (χ1n) is 6.13. The van der Waals surface area contributed by atoms with Crippen LogP contribution in [0.3, 0.4) is 0 Å². The fraction of sp³-hybridized carbons (Fsp3) is 0.429. The normalized spacial score (nSPS) is 13.6. The summed E-state index contributed by atoms with van der Waals surface area (Å²) in [6, 6.07) is 7.08. The van der Waals surface area contributed by atoms with Crippen LogP contribution >= 0.6 is 0 Å². The summed E-state index contributed by atoms with van der Waals surface area (Å²) in [5.74, 6) is -0.703. The molecule has 0 heterocycles. The molecule has 104 valence electrons. The van der Waals surface area contributed by atoms with Gasteiger partial charge in [0.25, 0.3) is 5.91 Å². The largest absolute Gasteiger partial charge is 0.372 e. The molecule has 5 heteroatoms. The molecular formula is C14H20N2O3. The van der Waals surface area contributed by atoms with Gasteiger partial charge in [0.05, 0.1) is 0 Å². The van der Waals surface area contributed by atoms with E-state index in [0.29, 0.717) is 12.0 Å². The van der Waals surface area contributed by atoms with Crippen LogP contribution in [0.4, 0.5) is 0 Å². The fourth-order valence-corrected chi connectivity index (χ4v) is 1.72. The van der Waals surface area contributed by atoms with Crippen molar-refractivity contribution in [2.45, 2.75) is 32.4 Å². The second-order valence-electron chi connectivity index (χ2n) is 4.60. The topological polar surface area (TPSA) is 81.4 Å². The van der Waals surface area contributed by atoms with Crippen molar-refractivity contribution >= 4 is 11.8 Å². The maximum atomic E-state index is 11.9. The summed E-state index contributed by atoms with van der Waals surface area (Å²) in [6.45, 7) is 3.77. The Morgan fingerprint density at radius 1 is 1.32 bits per heavy atom. The number of hydrogen-bond donors (Lipinski definition) is 2. The van der Waals surface area contributed by atoms with Crippen molar-refractivity contribution in [3.8, 4) is 0 Å². The first-order valence-corrected chi connectivity index (χ1v) is 6.13. The zero-order valence-corrected chi connectivity index (χ0v) is 11.5. The van der Waals surface area contributed by atoms with Crippen LogP contribution in [0, 0.1) is 6.92 Å². The molecule has 1 aromatic carbocycles. The Bertz CT molecular complexity index is 443. The number of benzene rings is 1. The van der Waals surface area contributed by atoms with Gasteiger partial charge < -0.3 is 15.8 Å². The SMILES string of the molecule is COC(C[C@H](C)NC(=O)c1ccc(C)cc1)C(N)=O. The molecule has 0 aliphatic rings. The summed E-state index contributed by atoms with van der Waals surface area (Å²) < 4.78 is 4.96. The van der Waals surface area contributed by atoms with Crippen LogP contribution in [0.1, 0.15) is 29.3 Å². The summed E-state index contributed by atoms with van der Waals surface area (Å²) in [4.78, 5) is 23.0. The zero-order valence-electron chi connectivity index (χ0n) is 11.5. The highest BCUT2D eigenvalue weighted by Gasteiger charge is 2.19. The first kappa shape index (κ1) is 15.2. The number of hydrogen-bond acceptors (Lipinski definition) is 3. The Balaban J connectivity index is 2.56. The third-order valence-corrected chi connectivity index (χ3v) is 2.86. The number of rotatable bonds is 6. The molecule has 0 radical (unpaired) electrons.